The van der Waals surface area contributed by atoms with Crippen LogP contribution in [0, 0.1) is 5.92 Å². The van der Waals surface area contributed by atoms with Crippen molar-refractivity contribution in [3.63, 3.8) is 0 Å². The molecule has 1 unspecified atom stereocenters. The van der Waals surface area contributed by atoms with Crippen LogP contribution in [0.25, 0.3) is 0 Å². The van der Waals surface area contributed by atoms with Crippen LogP contribution in [0.4, 0.5) is 0 Å². The van der Waals surface area contributed by atoms with Crippen molar-refractivity contribution < 1.29 is 23.5 Å². The number of carbonyl (C=O) groups is 3. The Labute approximate surface area is 157 Å². The average Bonchev–Trinajstić information content (AvgIpc) is 3.23. The molecule has 1 aromatic rings. The Hall–Kier alpha value is -2.35. The van der Waals surface area contributed by atoms with E-state index < -0.39 is 11.5 Å². The summed E-state index contributed by atoms with van der Waals surface area (Å²) >= 11 is 0. The summed E-state index contributed by atoms with van der Waals surface area (Å²) in [6.07, 6.45) is 5.76. The van der Waals surface area contributed by atoms with Gasteiger partial charge in [0.25, 0.3) is 5.91 Å². The fraction of sp³-hybridized carbons (Fsp3) is 0.632. The molecule has 1 spiro atoms. The zero-order valence-corrected chi connectivity index (χ0v) is 15.3. The Morgan fingerprint density at radius 2 is 2.00 bits per heavy atom. The molecule has 3 amide bonds. The normalized spacial score (nSPS) is 25.3. The summed E-state index contributed by atoms with van der Waals surface area (Å²) in [6.45, 7) is 3.28. The number of piperidine rings is 2. The van der Waals surface area contributed by atoms with Gasteiger partial charge in [-0.15, -0.1) is 0 Å². The lowest BCUT2D eigenvalue weighted by Crippen LogP contribution is -2.60. The van der Waals surface area contributed by atoms with Gasteiger partial charge in [0.1, 0.15) is 12.2 Å². The zero-order valence-electron chi connectivity index (χ0n) is 15.3. The van der Waals surface area contributed by atoms with Crippen molar-refractivity contribution in [2.24, 2.45) is 5.92 Å². The largest absolute Gasteiger partial charge is 0.472 e. The number of morpholine rings is 1. The first-order chi connectivity index (χ1) is 13.1. The maximum atomic E-state index is 12.9. The molecule has 3 aliphatic rings. The van der Waals surface area contributed by atoms with Gasteiger partial charge in [0.2, 0.25) is 11.8 Å². The number of likely N-dealkylation sites (tertiary alicyclic amines) is 1. The topological polar surface area (TPSA) is 92.1 Å². The molecule has 27 heavy (non-hydrogen) atoms. The van der Waals surface area contributed by atoms with E-state index in [1.807, 2.05) is 0 Å². The van der Waals surface area contributed by atoms with Crippen molar-refractivity contribution in [3.05, 3.63) is 24.2 Å². The van der Waals surface area contributed by atoms with Crippen LogP contribution < -0.4 is 5.32 Å². The molecule has 3 fully saturated rings. The van der Waals surface area contributed by atoms with E-state index in [-0.39, 0.29) is 17.7 Å². The summed E-state index contributed by atoms with van der Waals surface area (Å²) in [5.74, 6) is -0.864. The van der Waals surface area contributed by atoms with E-state index >= 15 is 0 Å². The first-order valence-electron chi connectivity index (χ1n) is 9.60. The molecule has 0 bridgehead atoms. The number of hydrogen-bond acceptors (Lipinski definition) is 5. The Morgan fingerprint density at radius 3 is 2.70 bits per heavy atom. The van der Waals surface area contributed by atoms with Crippen molar-refractivity contribution in [3.8, 4) is 0 Å². The standard InChI is InChI=1S/C19H25N3O5/c23-16-15(2-1-6-20-16)18(25)22-9-11-27-19(13-22)4-7-21(8-5-19)17(24)14-3-10-26-12-14/h3,10,12,15H,1-2,4-9,11,13H2,(H,20,23). The molecule has 1 N–H and O–H groups in total. The molecule has 0 aromatic carbocycles. The summed E-state index contributed by atoms with van der Waals surface area (Å²) in [7, 11) is 0. The minimum Gasteiger partial charge on any atom is -0.472 e. The minimum absolute atomic E-state index is 0.0405. The molecule has 3 aliphatic heterocycles. The van der Waals surface area contributed by atoms with Crippen molar-refractivity contribution in [2.45, 2.75) is 31.3 Å². The number of ether oxygens (including phenoxy) is 1. The molecule has 8 heteroatoms. The molecule has 8 nitrogen and oxygen atoms in total. The lowest BCUT2D eigenvalue weighted by molar-refractivity contribution is -0.164. The molecule has 0 radical (unpaired) electrons. The zero-order chi connectivity index (χ0) is 18.9. The molecule has 146 valence electrons. The summed E-state index contributed by atoms with van der Waals surface area (Å²) in [4.78, 5) is 40.9. The fourth-order valence-electron chi connectivity index (χ4n) is 4.25. The average molecular weight is 375 g/mol. The van der Waals surface area contributed by atoms with Gasteiger partial charge < -0.3 is 24.3 Å². The highest BCUT2D eigenvalue weighted by Gasteiger charge is 2.44. The quantitative estimate of drug-likeness (QED) is 0.766. The Morgan fingerprint density at radius 1 is 1.19 bits per heavy atom. The van der Waals surface area contributed by atoms with Gasteiger partial charge in [0, 0.05) is 32.7 Å². The van der Waals surface area contributed by atoms with E-state index in [2.05, 4.69) is 5.32 Å². The van der Waals surface area contributed by atoms with Crippen molar-refractivity contribution in [1.82, 2.24) is 15.1 Å². The first-order valence-corrected chi connectivity index (χ1v) is 9.60. The van der Waals surface area contributed by atoms with Crippen LogP contribution in [-0.2, 0) is 14.3 Å². The molecule has 3 saturated heterocycles. The van der Waals surface area contributed by atoms with Crippen LogP contribution >= 0.6 is 0 Å². The summed E-state index contributed by atoms with van der Waals surface area (Å²) in [6, 6.07) is 1.67. The highest BCUT2D eigenvalue weighted by Crippen LogP contribution is 2.32. The van der Waals surface area contributed by atoms with Crippen LogP contribution in [0.15, 0.2) is 23.0 Å². The van der Waals surface area contributed by atoms with E-state index in [1.165, 1.54) is 12.5 Å². The first kappa shape index (κ1) is 18.0. The Kier molecular flexibility index (Phi) is 4.90. The molecule has 4 heterocycles. The number of nitrogens with one attached hydrogen (secondary N) is 1. The minimum atomic E-state index is -0.573. The van der Waals surface area contributed by atoms with Crippen molar-refractivity contribution >= 4 is 17.7 Å². The molecule has 1 aromatic heterocycles. The highest BCUT2D eigenvalue weighted by molar-refractivity contribution is 6.00. The maximum absolute atomic E-state index is 12.9. The monoisotopic (exact) mass is 375 g/mol. The molecular weight excluding hydrogens is 350 g/mol. The second kappa shape index (κ2) is 7.34. The molecular formula is C19H25N3O5. The number of amides is 3. The third kappa shape index (κ3) is 3.58. The molecule has 4 rings (SSSR count). The second-order valence-electron chi connectivity index (χ2n) is 7.58. The van der Waals surface area contributed by atoms with E-state index in [0.29, 0.717) is 64.2 Å². The predicted molar refractivity (Wildman–Crippen MR) is 94.8 cm³/mol. The smallest absolute Gasteiger partial charge is 0.257 e. The predicted octanol–water partition coefficient (Wildman–Crippen LogP) is 0.639. The second-order valence-corrected chi connectivity index (χ2v) is 7.58. The van der Waals surface area contributed by atoms with Crippen molar-refractivity contribution in [2.75, 3.05) is 39.3 Å². The Bertz CT molecular complexity index is 709. The summed E-state index contributed by atoms with van der Waals surface area (Å²) < 4.78 is 11.1. The van der Waals surface area contributed by atoms with Gasteiger partial charge in [-0.1, -0.05) is 0 Å². The lowest BCUT2D eigenvalue weighted by atomic mass is 9.88. The van der Waals surface area contributed by atoms with E-state index in [9.17, 15) is 14.4 Å². The number of hydrogen-bond donors (Lipinski definition) is 1. The van der Waals surface area contributed by atoms with Crippen LogP contribution in [0.2, 0.25) is 0 Å². The van der Waals surface area contributed by atoms with Crippen molar-refractivity contribution in [1.29, 1.82) is 0 Å². The summed E-state index contributed by atoms with van der Waals surface area (Å²) in [5.41, 5.74) is 0.127. The van der Waals surface area contributed by atoms with Gasteiger partial charge in [-0.05, 0) is 31.7 Å². The Balaban J connectivity index is 1.37. The van der Waals surface area contributed by atoms with E-state index in [4.69, 9.17) is 9.15 Å². The molecule has 0 aliphatic carbocycles. The van der Waals surface area contributed by atoms with Gasteiger partial charge in [-0.25, -0.2) is 0 Å². The number of nitrogens with zero attached hydrogens (tertiary/aromatic N) is 2. The lowest BCUT2D eigenvalue weighted by Gasteiger charge is -2.47. The molecule has 0 saturated carbocycles. The molecule has 1 atom stereocenters. The highest BCUT2D eigenvalue weighted by atomic mass is 16.5. The summed E-state index contributed by atoms with van der Waals surface area (Å²) in [5, 5.41) is 2.79. The number of carbonyl (C=O) groups excluding carboxylic acids is 3. The number of furan rings is 1. The van der Waals surface area contributed by atoms with Crippen LogP contribution in [0.3, 0.4) is 0 Å². The van der Waals surface area contributed by atoms with E-state index in [0.717, 1.165) is 6.42 Å². The van der Waals surface area contributed by atoms with Gasteiger partial charge in [-0.3, -0.25) is 14.4 Å². The van der Waals surface area contributed by atoms with E-state index in [1.54, 1.807) is 15.9 Å². The van der Waals surface area contributed by atoms with Gasteiger partial charge in [0.05, 0.1) is 24.0 Å². The third-order valence-electron chi connectivity index (χ3n) is 5.87. The van der Waals surface area contributed by atoms with Gasteiger partial charge in [-0.2, -0.15) is 0 Å². The SMILES string of the molecule is O=C1NCCCC1C(=O)N1CCOC2(CCN(C(=O)c3ccoc3)CC2)C1. The van der Waals surface area contributed by atoms with Crippen LogP contribution in [-0.4, -0.2) is 72.5 Å². The van der Waals surface area contributed by atoms with Gasteiger partial charge >= 0.3 is 0 Å². The third-order valence-corrected chi connectivity index (χ3v) is 5.87. The number of rotatable bonds is 2. The van der Waals surface area contributed by atoms with Crippen LogP contribution in [0.1, 0.15) is 36.0 Å². The van der Waals surface area contributed by atoms with Gasteiger partial charge in [0.15, 0.2) is 0 Å². The van der Waals surface area contributed by atoms with Crippen LogP contribution in [0.5, 0.6) is 0 Å². The maximum Gasteiger partial charge on any atom is 0.257 e. The fourth-order valence-corrected chi connectivity index (χ4v) is 4.25.